The van der Waals surface area contributed by atoms with Crippen LogP contribution in [0.15, 0.2) is 11.1 Å². The Labute approximate surface area is 95.3 Å². The normalized spacial score (nSPS) is 25.3. The van der Waals surface area contributed by atoms with Gasteiger partial charge in [-0.05, 0) is 5.41 Å². The number of thioether (sulfide) groups is 1. The van der Waals surface area contributed by atoms with Crippen molar-refractivity contribution >= 4 is 23.5 Å². The van der Waals surface area contributed by atoms with E-state index in [-0.39, 0.29) is 53.0 Å². The van der Waals surface area contributed by atoms with Crippen LogP contribution in [0, 0.1) is 0 Å². The van der Waals surface area contributed by atoms with Crippen LogP contribution in [0.5, 0.6) is 0 Å². The summed E-state index contributed by atoms with van der Waals surface area (Å²) in [5, 5.41) is 11.5. The topological polar surface area (TPSA) is 60.4 Å². The number of nitrogens with zero attached hydrogens (tertiary/aromatic N) is 1. The Hall–Kier alpha value is 0.0300. The van der Waals surface area contributed by atoms with Crippen molar-refractivity contribution in [3.05, 3.63) is 11.1 Å². The minimum absolute atomic E-state index is 0. The number of Topliss-reactive ketones (excluding diaryl/α,β-unsaturated/α-hetero) is 1. The number of carboxylic acid groups (broad SMARTS) is 1. The minimum Gasteiger partial charge on any atom is -0.543 e. The molecule has 1 saturated heterocycles. The first-order chi connectivity index (χ1) is 5.20. The van der Waals surface area contributed by atoms with Crippen LogP contribution in [0.4, 0.5) is 0 Å². The number of carboxylic acids is 1. The third kappa shape index (κ3) is 1.31. The van der Waals surface area contributed by atoms with Gasteiger partial charge in [-0.1, -0.05) is 11.8 Å². The van der Waals surface area contributed by atoms with Gasteiger partial charge < -0.3 is 14.8 Å². The molecule has 0 amide bonds. The molecule has 0 aromatic heterocycles. The van der Waals surface area contributed by atoms with E-state index < -0.39 is 5.97 Å². The number of hydrogen-bond acceptors (Lipinski definition) is 5. The minimum atomic E-state index is -1.20. The molecule has 6 heteroatoms. The zero-order chi connectivity index (χ0) is 8.01. The summed E-state index contributed by atoms with van der Waals surface area (Å²) in [6, 6.07) is 0. The van der Waals surface area contributed by atoms with Gasteiger partial charge in [0.1, 0.15) is 5.37 Å². The summed E-state index contributed by atoms with van der Waals surface area (Å²) in [5.41, 5.74) is 0.139. The molecule has 0 N–H and O–H groups in total. The van der Waals surface area contributed by atoms with Gasteiger partial charge in [0.25, 0.3) is 0 Å². The maximum atomic E-state index is 10.8. The molecule has 1 unspecified atom stereocenters. The smallest absolute Gasteiger partial charge is 0.543 e. The number of rotatable bonds is 1. The van der Waals surface area contributed by atoms with Crippen LogP contribution in [-0.2, 0) is 9.59 Å². The summed E-state index contributed by atoms with van der Waals surface area (Å²) in [6.07, 6.45) is 0. The summed E-state index contributed by atoms with van der Waals surface area (Å²) < 4.78 is 0. The predicted molar refractivity (Wildman–Crippen MR) is 36.2 cm³/mol. The second-order valence-electron chi connectivity index (χ2n) is 2.37. The molecule has 2 aliphatic rings. The average molecular weight is 193 g/mol. The molecule has 0 aromatic rings. The summed E-state index contributed by atoms with van der Waals surface area (Å²) >= 11 is 1.23. The van der Waals surface area contributed by atoms with Gasteiger partial charge in [-0.25, -0.2) is 0 Å². The number of carbonyl (C=O) groups is 2. The van der Waals surface area contributed by atoms with Crippen LogP contribution in [-0.4, -0.2) is 28.6 Å². The Bertz CT molecular complexity index is 278. The molecule has 2 heterocycles. The van der Waals surface area contributed by atoms with Crippen LogP contribution < -0.4 is 34.7 Å². The van der Waals surface area contributed by atoms with E-state index in [1.54, 1.807) is 0 Å². The van der Waals surface area contributed by atoms with Crippen molar-refractivity contribution in [1.29, 1.82) is 0 Å². The quantitative estimate of drug-likeness (QED) is 0.393. The Morgan fingerprint density at radius 2 is 2.42 bits per heavy atom. The van der Waals surface area contributed by atoms with Crippen molar-refractivity contribution in [2.24, 2.45) is 0 Å². The molecule has 0 bridgehead atoms. The number of carbonyl (C=O) groups excluding carboxylic acids is 2. The largest absolute Gasteiger partial charge is 1.00 e. The summed E-state index contributed by atoms with van der Waals surface area (Å²) in [7, 11) is 0. The Morgan fingerprint density at radius 3 is 2.83 bits per heavy atom. The maximum absolute atomic E-state index is 10.8. The molecule has 0 radical (unpaired) electrons. The molecular weight excluding hydrogens is 189 g/mol. The Kier molecular flexibility index (Phi) is 2.88. The van der Waals surface area contributed by atoms with Gasteiger partial charge >= 0.3 is 29.6 Å². The third-order valence-corrected chi connectivity index (χ3v) is 2.85. The number of aliphatic carboxylic acids is 1. The third-order valence-electron chi connectivity index (χ3n) is 1.71. The molecule has 58 valence electrons. The van der Waals surface area contributed by atoms with E-state index in [1.165, 1.54) is 22.1 Å². The van der Waals surface area contributed by atoms with Crippen molar-refractivity contribution in [2.45, 2.75) is 5.37 Å². The molecule has 12 heavy (non-hydrogen) atoms. The number of fused-ring (bicyclic) bond motifs is 1. The van der Waals surface area contributed by atoms with E-state index in [4.69, 9.17) is 0 Å². The van der Waals surface area contributed by atoms with E-state index in [1.807, 2.05) is 0 Å². The fourth-order valence-corrected chi connectivity index (χ4v) is 2.16. The van der Waals surface area contributed by atoms with Crippen LogP contribution in [0.2, 0.25) is 0 Å². The Balaban J connectivity index is 0.000000720. The molecule has 0 aliphatic carbocycles. The van der Waals surface area contributed by atoms with Gasteiger partial charge in [-0.3, -0.25) is 4.79 Å². The van der Waals surface area contributed by atoms with Crippen molar-refractivity contribution < 1.29 is 44.3 Å². The molecule has 2 rings (SSSR count). The van der Waals surface area contributed by atoms with Crippen molar-refractivity contribution in [1.82, 2.24) is 4.90 Å². The van der Waals surface area contributed by atoms with Crippen LogP contribution in [0.1, 0.15) is 0 Å². The molecule has 2 aliphatic heterocycles. The van der Waals surface area contributed by atoms with Gasteiger partial charge in [0.2, 0.25) is 0 Å². The monoisotopic (exact) mass is 193 g/mol. The first kappa shape index (κ1) is 10.1. The molecule has 0 saturated carbocycles. The van der Waals surface area contributed by atoms with Gasteiger partial charge in [0, 0.05) is 0 Å². The van der Waals surface area contributed by atoms with Crippen LogP contribution in [0.3, 0.4) is 0 Å². The summed E-state index contributed by atoms with van der Waals surface area (Å²) in [6.45, 7) is 0.220. The summed E-state index contributed by atoms with van der Waals surface area (Å²) in [5.74, 6) is -1.12. The van der Waals surface area contributed by atoms with Gasteiger partial charge in [0.15, 0.2) is 5.78 Å². The second-order valence-corrected chi connectivity index (χ2v) is 3.33. The standard InChI is InChI=1S/C6H5NO3S.Na/c8-4-1-7-3(6(9)10)2-11-5(4)7;/h2,5H,1H2,(H,9,10);/q;+1/p-1. The van der Waals surface area contributed by atoms with E-state index in [0.717, 1.165) is 0 Å². The molecular formula is C6H4NNaO3S. The van der Waals surface area contributed by atoms with Gasteiger partial charge in [-0.15, -0.1) is 0 Å². The SMILES string of the molecule is O=C([O-])C1=CSC2C(=O)CN12.[Na+]. The number of hydrogen-bond donors (Lipinski definition) is 0. The average Bonchev–Trinajstić information content (AvgIpc) is 2.25. The zero-order valence-corrected chi connectivity index (χ0v) is 9.26. The van der Waals surface area contributed by atoms with Crippen molar-refractivity contribution in [2.75, 3.05) is 6.54 Å². The first-order valence-electron chi connectivity index (χ1n) is 3.06. The molecule has 4 nitrogen and oxygen atoms in total. The van der Waals surface area contributed by atoms with Gasteiger partial charge in [-0.2, -0.15) is 0 Å². The van der Waals surface area contributed by atoms with Gasteiger partial charge in [0.05, 0.1) is 18.2 Å². The van der Waals surface area contributed by atoms with Crippen LogP contribution in [0.25, 0.3) is 0 Å². The fraction of sp³-hybridized carbons (Fsp3) is 0.333. The molecule has 0 aromatic carbocycles. The van der Waals surface area contributed by atoms with E-state index in [9.17, 15) is 14.7 Å². The first-order valence-corrected chi connectivity index (χ1v) is 4.01. The molecule has 0 spiro atoms. The zero-order valence-electron chi connectivity index (χ0n) is 6.44. The fourth-order valence-electron chi connectivity index (χ4n) is 1.11. The van der Waals surface area contributed by atoms with Crippen molar-refractivity contribution in [3.63, 3.8) is 0 Å². The van der Waals surface area contributed by atoms with E-state index in [0.29, 0.717) is 0 Å². The van der Waals surface area contributed by atoms with Crippen molar-refractivity contribution in [3.8, 4) is 0 Å². The predicted octanol–water partition coefficient (Wildman–Crippen LogP) is -4.46. The van der Waals surface area contributed by atoms with E-state index >= 15 is 0 Å². The maximum Gasteiger partial charge on any atom is 1.00 e. The van der Waals surface area contributed by atoms with Crippen LogP contribution >= 0.6 is 11.8 Å². The van der Waals surface area contributed by atoms with E-state index in [2.05, 4.69) is 0 Å². The molecule has 1 atom stereocenters. The Morgan fingerprint density at radius 1 is 1.75 bits per heavy atom. The summed E-state index contributed by atoms with van der Waals surface area (Å²) in [4.78, 5) is 22.7. The number of ketones is 1. The molecule has 1 fully saturated rings. The second kappa shape index (κ2) is 3.41.